The number of nitrogens with zero attached hydrogens (tertiary/aromatic N) is 6. The first kappa shape index (κ1) is 31.8. The maximum Gasteiger partial charge on any atom is 0.410 e. The molecule has 4 aliphatic heterocycles. The predicted molar refractivity (Wildman–Crippen MR) is 175 cm³/mol. The minimum atomic E-state index is -0.578. The average molecular weight is 649 g/mol. The van der Waals surface area contributed by atoms with Crippen LogP contribution in [0.3, 0.4) is 0 Å². The van der Waals surface area contributed by atoms with Gasteiger partial charge in [-0.2, -0.15) is 9.97 Å². The first-order chi connectivity index (χ1) is 22.5. The fourth-order valence-electron chi connectivity index (χ4n) is 7.94. The third kappa shape index (κ3) is 6.06. The Hall–Kier alpha value is -3.77. The van der Waals surface area contributed by atoms with Gasteiger partial charge in [0.25, 0.3) is 0 Å². The van der Waals surface area contributed by atoms with Crippen LogP contribution in [0.25, 0.3) is 22.2 Å². The number of fused-ring (bicyclic) bond motifs is 4. The Morgan fingerprint density at radius 1 is 1.06 bits per heavy atom. The average Bonchev–Trinajstić information content (AvgIpc) is 3.69. The van der Waals surface area contributed by atoms with Crippen LogP contribution in [-0.4, -0.2) is 101 Å². The topological polar surface area (TPSA) is 102 Å². The summed E-state index contributed by atoms with van der Waals surface area (Å²) in [6, 6.07) is 5.54. The van der Waals surface area contributed by atoms with E-state index in [0.717, 1.165) is 57.2 Å². The lowest BCUT2D eigenvalue weighted by molar-refractivity contribution is 0.0122. The Kier molecular flexibility index (Phi) is 8.36. The standard InChI is InChI=1S/C35H45FN6O5/c1-22-8-11-25(46-21-44-5)16-26(22)29-28(36)30-27(17-37-29)31(39-32(38-30)45-20-35-12-6-14-41(35)15-7-13-35)40-18-23-9-10-24(19-40)42(23)33(43)47-34(2,3)4/h8,11,16-17,23-24H,6-7,9-10,12-15,18-21H2,1-5H3. The van der Waals surface area contributed by atoms with Gasteiger partial charge in [0.15, 0.2) is 12.6 Å². The number of methoxy groups -OCH3 is 1. The Bertz CT molecular complexity index is 1640. The quantitative estimate of drug-likeness (QED) is 0.282. The molecule has 3 aromatic rings. The second kappa shape index (κ2) is 12.4. The number of aromatic nitrogens is 3. The van der Waals surface area contributed by atoms with E-state index in [-0.39, 0.29) is 47.7 Å². The van der Waals surface area contributed by atoms with Crippen LogP contribution in [-0.2, 0) is 9.47 Å². The van der Waals surface area contributed by atoms with Crippen molar-refractivity contribution in [1.82, 2.24) is 24.8 Å². The van der Waals surface area contributed by atoms with Crippen LogP contribution >= 0.6 is 0 Å². The van der Waals surface area contributed by atoms with E-state index in [0.29, 0.717) is 42.2 Å². The summed E-state index contributed by atoms with van der Waals surface area (Å²) in [4.78, 5) is 34.0. The molecular weight excluding hydrogens is 603 g/mol. The van der Waals surface area contributed by atoms with Crippen molar-refractivity contribution in [3.05, 3.63) is 35.8 Å². The van der Waals surface area contributed by atoms with Crippen molar-refractivity contribution in [1.29, 1.82) is 0 Å². The largest absolute Gasteiger partial charge is 0.468 e. The van der Waals surface area contributed by atoms with Crippen LogP contribution in [0.2, 0.25) is 0 Å². The van der Waals surface area contributed by atoms with Crippen molar-refractivity contribution >= 4 is 22.8 Å². The van der Waals surface area contributed by atoms with Crippen molar-refractivity contribution < 1.29 is 28.1 Å². The molecule has 1 aromatic carbocycles. The minimum Gasteiger partial charge on any atom is -0.468 e. The summed E-state index contributed by atoms with van der Waals surface area (Å²) in [5.74, 6) is 0.584. The lowest BCUT2D eigenvalue weighted by Gasteiger charge is -2.42. The van der Waals surface area contributed by atoms with Crippen LogP contribution in [0.15, 0.2) is 24.4 Å². The number of benzene rings is 1. The van der Waals surface area contributed by atoms with Crippen molar-refractivity contribution in [2.24, 2.45) is 0 Å². The van der Waals surface area contributed by atoms with E-state index < -0.39 is 11.4 Å². The van der Waals surface area contributed by atoms with E-state index in [1.165, 1.54) is 0 Å². The molecule has 0 saturated carbocycles. The molecule has 252 valence electrons. The summed E-state index contributed by atoms with van der Waals surface area (Å²) in [5.41, 5.74) is 1.20. The van der Waals surface area contributed by atoms with Crippen molar-refractivity contribution in [3.8, 4) is 23.0 Å². The molecule has 4 aliphatic rings. The highest BCUT2D eigenvalue weighted by Gasteiger charge is 2.46. The molecule has 6 heterocycles. The molecular formula is C35H45FN6O5. The Morgan fingerprint density at radius 2 is 1.79 bits per heavy atom. The van der Waals surface area contributed by atoms with E-state index in [1.807, 2.05) is 44.7 Å². The number of carbonyl (C=O) groups is 1. The Balaban J connectivity index is 1.26. The van der Waals surface area contributed by atoms with Crippen LogP contribution in [0.4, 0.5) is 15.0 Å². The van der Waals surface area contributed by atoms with E-state index in [9.17, 15) is 4.79 Å². The van der Waals surface area contributed by atoms with Gasteiger partial charge >= 0.3 is 12.1 Å². The first-order valence-electron chi connectivity index (χ1n) is 16.8. The minimum absolute atomic E-state index is 0.0155. The van der Waals surface area contributed by atoms with Gasteiger partial charge in [-0.25, -0.2) is 9.18 Å². The van der Waals surface area contributed by atoms with Gasteiger partial charge in [-0.3, -0.25) is 14.8 Å². The van der Waals surface area contributed by atoms with E-state index in [2.05, 4.69) is 14.8 Å². The highest BCUT2D eigenvalue weighted by atomic mass is 19.1. The molecule has 2 bridgehead atoms. The molecule has 2 aromatic heterocycles. The number of piperazine rings is 1. The first-order valence-corrected chi connectivity index (χ1v) is 16.8. The number of halogens is 1. The second-order valence-corrected chi connectivity index (χ2v) is 14.4. The number of hydrogen-bond donors (Lipinski definition) is 0. The van der Waals surface area contributed by atoms with Crippen LogP contribution < -0.4 is 14.4 Å². The molecule has 2 unspecified atom stereocenters. The maximum absolute atomic E-state index is 16.7. The van der Waals surface area contributed by atoms with Gasteiger partial charge in [0, 0.05) is 32.0 Å². The third-order valence-corrected chi connectivity index (χ3v) is 10.1. The number of anilines is 1. The molecule has 7 rings (SSSR count). The summed E-state index contributed by atoms with van der Waals surface area (Å²) in [7, 11) is 1.55. The van der Waals surface area contributed by atoms with Gasteiger partial charge in [0.1, 0.15) is 35.0 Å². The molecule has 47 heavy (non-hydrogen) atoms. The zero-order chi connectivity index (χ0) is 32.9. The van der Waals surface area contributed by atoms with Gasteiger partial charge in [-0.05, 0) is 97.0 Å². The Morgan fingerprint density at radius 3 is 2.47 bits per heavy atom. The number of amides is 1. The van der Waals surface area contributed by atoms with Gasteiger partial charge in [0.05, 0.1) is 23.0 Å². The molecule has 12 heteroatoms. The SMILES string of the molecule is COCOc1ccc(C)c(-c2ncc3c(N4CC5CCC(C4)N5C(=O)OC(C)(C)C)nc(OCC45CCCN4CCC5)nc3c2F)c1. The normalized spacial score (nSPS) is 22.2. The number of pyridine rings is 1. The molecule has 0 radical (unpaired) electrons. The summed E-state index contributed by atoms with van der Waals surface area (Å²) in [5, 5.41) is 0.509. The summed E-state index contributed by atoms with van der Waals surface area (Å²) < 4.78 is 39.6. The van der Waals surface area contributed by atoms with Gasteiger partial charge in [0.2, 0.25) is 0 Å². The highest BCUT2D eigenvalue weighted by molar-refractivity contribution is 5.92. The van der Waals surface area contributed by atoms with Crippen molar-refractivity contribution in [2.75, 3.05) is 51.6 Å². The van der Waals surface area contributed by atoms with Crippen molar-refractivity contribution in [2.45, 2.75) is 89.4 Å². The summed E-state index contributed by atoms with van der Waals surface area (Å²) in [6.45, 7) is 11.3. The van der Waals surface area contributed by atoms with Gasteiger partial charge < -0.3 is 23.8 Å². The predicted octanol–water partition coefficient (Wildman–Crippen LogP) is 5.72. The zero-order valence-electron chi connectivity index (χ0n) is 28.1. The molecule has 0 aliphatic carbocycles. The maximum atomic E-state index is 16.7. The molecule has 0 N–H and O–H groups in total. The number of carbonyl (C=O) groups excluding carboxylic acids is 1. The number of rotatable bonds is 8. The molecule has 11 nitrogen and oxygen atoms in total. The molecule has 1 amide bonds. The molecule has 4 saturated heterocycles. The molecule has 2 atom stereocenters. The number of hydrogen-bond acceptors (Lipinski definition) is 10. The monoisotopic (exact) mass is 648 g/mol. The number of ether oxygens (including phenoxy) is 4. The van der Waals surface area contributed by atoms with E-state index in [1.54, 1.807) is 19.4 Å². The van der Waals surface area contributed by atoms with E-state index >= 15 is 4.39 Å². The smallest absolute Gasteiger partial charge is 0.410 e. The summed E-state index contributed by atoms with van der Waals surface area (Å²) in [6.07, 6.45) is 7.54. The molecule has 4 fully saturated rings. The third-order valence-electron chi connectivity index (χ3n) is 10.1. The lowest BCUT2D eigenvalue weighted by Crippen LogP contribution is -2.57. The van der Waals surface area contributed by atoms with Crippen molar-refractivity contribution in [3.63, 3.8) is 0 Å². The fraction of sp³-hybridized carbons (Fsp3) is 0.600. The number of aryl methyl sites for hydroxylation is 1. The Labute approximate surface area is 275 Å². The zero-order valence-corrected chi connectivity index (χ0v) is 28.1. The van der Waals surface area contributed by atoms with Crippen LogP contribution in [0, 0.1) is 12.7 Å². The fourth-order valence-corrected chi connectivity index (χ4v) is 7.94. The highest BCUT2D eigenvalue weighted by Crippen LogP contribution is 2.41. The summed E-state index contributed by atoms with van der Waals surface area (Å²) >= 11 is 0. The van der Waals surface area contributed by atoms with E-state index in [4.69, 9.17) is 28.9 Å². The van der Waals surface area contributed by atoms with Gasteiger partial charge in [-0.1, -0.05) is 6.07 Å². The van der Waals surface area contributed by atoms with Crippen LogP contribution in [0.1, 0.15) is 64.9 Å². The second-order valence-electron chi connectivity index (χ2n) is 14.4. The van der Waals surface area contributed by atoms with Crippen LogP contribution in [0.5, 0.6) is 11.8 Å². The molecule has 0 spiro atoms. The lowest BCUT2D eigenvalue weighted by atomic mass is 9.95. The van der Waals surface area contributed by atoms with Gasteiger partial charge in [-0.15, -0.1) is 0 Å².